The second kappa shape index (κ2) is 7.22. The quantitative estimate of drug-likeness (QED) is 0.687. The molecule has 2 aliphatic rings. The highest BCUT2D eigenvalue weighted by Crippen LogP contribution is 2.22. The fraction of sp³-hybridized carbons (Fsp3) is 0.867. The molecule has 0 aromatic rings. The van der Waals surface area contributed by atoms with Gasteiger partial charge in [0, 0.05) is 39.3 Å². The number of hydrogen-bond donors (Lipinski definition) is 0. The molecule has 2 aliphatic heterocycles. The Morgan fingerprint density at radius 1 is 1.24 bits per heavy atom. The maximum Gasteiger partial charge on any atom is 0.327 e. The van der Waals surface area contributed by atoms with E-state index in [4.69, 9.17) is 4.74 Å². The fourth-order valence-corrected chi connectivity index (χ4v) is 3.18. The van der Waals surface area contributed by atoms with Crippen LogP contribution >= 0.6 is 0 Å². The van der Waals surface area contributed by atoms with Gasteiger partial charge in [-0.1, -0.05) is 13.8 Å². The third-order valence-electron chi connectivity index (χ3n) is 4.18. The molecule has 2 fully saturated rings. The molecule has 0 spiro atoms. The summed E-state index contributed by atoms with van der Waals surface area (Å²) in [7, 11) is 1.60. The number of ether oxygens (including phenoxy) is 1. The maximum atomic E-state index is 12.3. The second-order valence-corrected chi connectivity index (χ2v) is 6.39. The van der Waals surface area contributed by atoms with Gasteiger partial charge in [-0.25, -0.2) is 4.79 Å². The minimum absolute atomic E-state index is 0.0570. The Balaban J connectivity index is 1.88. The van der Waals surface area contributed by atoms with Crippen molar-refractivity contribution in [2.24, 2.45) is 5.92 Å². The van der Waals surface area contributed by atoms with Crippen LogP contribution in [0.5, 0.6) is 0 Å². The van der Waals surface area contributed by atoms with Gasteiger partial charge in [-0.15, -0.1) is 0 Å². The molecule has 120 valence electrons. The van der Waals surface area contributed by atoms with Gasteiger partial charge in [0.15, 0.2) is 0 Å². The minimum Gasteiger partial charge on any atom is -0.383 e. The lowest BCUT2D eigenvalue weighted by atomic mass is 10.0. The molecule has 0 N–H and O–H groups in total. The van der Waals surface area contributed by atoms with E-state index in [-0.39, 0.29) is 24.5 Å². The molecule has 6 nitrogen and oxygen atoms in total. The molecule has 0 saturated carbocycles. The van der Waals surface area contributed by atoms with Gasteiger partial charge in [-0.05, 0) is 18.8 Å². The van der Waals surface area contributed by atoms with Gasteiger partial charge in [-0.3, -0.25) is 9.69 Å². The first-order chi connectivity index (χ1) is 10.0. The highest BCUT2D eigenvalue weighted by molar-refractivity contribution is 6.02. The van der Waals surface area contributed by atoms with Crippen molar-refractivity contribution in [1.29, 1.82) is 0 Å². The van der Waals surface area contributed by atoms with E-state index in [1.807, 2.05) is 0 Å². The lowest BCUT2D eigenvalue weighted by molar-refractivity contribution is -0.127. The van der Waals surface area contributed by atoms with Crippen molar-refractivity contribution in [2.75, 3.05) is 46.4 Å². The Labute approximate surface area is 127 Å². The Kier molecular flexibility index (Phi) is 5.58. The number of hydrogen-bond acceptors (Lipinski definition) is 4. The number of likely N-dealkylation sites (tertiary alicyclic amines) is 1. The summed E-state index contributed by atoms with van der Waals surface area (Å²) >= 11 is 0. The van der Waals surface area contributed by atoms with Crippen LogP contribution in [0.15, 0.2) is 0 Å². The molecule has 0 aromatic heterocycles. The molecule has 0 atom stereocenters. The third-order valence-corrected chi connectivity index (χ3v) is 4.18. The van der Waals surface area contributed by atoms with Crippen molar-refractivity contribution >= 4 is 11.9 Å². The monoisotopic (exact) mass is 297 g/mol. The molecular formula is C15H27N3O3. The van der Waals surface area contributed by atoms with Crippen LogP contribution in [-0.2, 0) is 9.53 Å². The van der Waals surface area contributed by atoms with Crippen LogP contribution in [0.25, 0.3) is 0 Å². The first-order valence-electron chi connectivity index (χ1n) is 7.85. The zero-order chi connectivity index (χ0) is 15.4. The van der Waals surface area contributed by atoms with E-state index >= 15 is 0 Å². The molecule has 2 saturated heterocycles. The molecule has 0 radical (unpaired) electrons. The number of rotatable bonds is 6. The average molecular weight is 297 g/mol. The summed E-state index contributed by atoms with van der Waals surface area (Å²) in [5.74, 6) is 0.597. The highest BCUT2D eigenvalue weighted by Gasteiger charge is 2.41. The van der Waals surface area contributed by atoms with Gasteiger partial charge in [0.1, 0.15) is 6.54 Å². The van der Waals surface area contributed by atoms with E-state index in [0.717, 1.165) is 32.5 Å². The van der Waals surface area contributed by atoms with Crippen molar-refractivity contribution in [3.05, 3.63) is 0 Å². The molecular weight excluding hydrogens is 270 g/mol. The molecule has 3 amide bonds. The topological polar surface area (TPSA) is 53.1 Å². The van der Waals surface area contributed by atoms with Crippen molar-refractivity contribution < 1.29 is 14.3 Å². The third kappa shape index (κ3) is 3.95. The van der Waals surface area contributed by atoms with Crippen LogP contribution in [0.1, 0.15) is 26.7 Å². The van der Waals surface area contributed by atoms with E-state index in [0.29, 0.717) is 19.1 Å². The second-order valence-electron chi connectivity index (χ2n) is 6.39. The number of carbonyl (C=O) groups is 2. The average Bonchev–Trinajstić information content (AvgIpc) is 2.72. The number of amides is 3. The molecule has 6 heteroatoms. The van der Waals surface area contributed by atoms with Crippen molar-refractivity contribution in [1.82, 2.24) is 14.7 Å². The summed E-state index contributed by atoms with van der Waals surface area (Å²) in [6.45, 7) is 8.63. The van der Waals surface area contributed by atoms with Crippen LogP contribution in [0.2, 0.25) is 0 Å². The van der Waals surface area contributed by atoms with Gasteiger partial charge in [0.2, 0.25) is 0 Å². The number of piperidine rings is 1. The molecule has 0 unspecified atom stereocenters. The smallest absolute Gasteiger partial charge is 0.327 e. The van der Waals surface area contributed by atoms with E-state index in [1.165, 1.54) is 4.90 Å². The number of urea groups is 1. The number of carbonyl (C=O) groups excluding carboxylic acids is 2. The van der Waals surface area contributed by atoms with Crippen LogP contribution in [-0.4, -0.2) is 79.1 Å². The maximum absolute atomic E-state index is 12.3. The number of methoxy groups -OCH3 is 1. The molecule has 0 bridgehead atoms. The van der Waals surface area contributed by atoms with E-state index < -0.39 is 0 Å². The normalized spacial score (nSPS) is 21.9. The highest BCUT2D eigenvalue weighted by atomic mass is 16.5. The number of imide groups is 1. The Morgan fingerprint density at radius 3 is 2.48 bits per heavy atom. The largest absolute Gasteiger partial charge is 0.383 e. The van der Waals surface area contributed by atoms with Gasteiger partial charge in [-0.2, -0.15) is 0 Å². The van der Waals surface area contributed by atoms with E-state index in [9.17, 15) is 9.59 Å². The molecule has 2 heterocycles. The Bertz CT molecular complexity index is 378. The molecule has 2 rings (SSSR count). The summed E-state index contributed by atoms with van der Waals surface area (Å²) in [5, 5.41) is 0. The van der Waals surface area contributed by atoms with Crippen molar-refractivity contribution in [3.8, 4) is 0 Å². The zero-order valence-corrected chi connectivity index (χ0v) is 13.4. The van der Waals surface area contributed by atoms with Crippen LogP contribution in [0.4, 0.5) is 4.79 Å². The summed E-state index contributed by atoms with van der Waals surface area (Å²) in [4.78, 5) is 30.0. The van der Waals surface area contributed by atoms with Gasteiger partial charge < -0.3 is 14.5 Å². The zero-order valence-electron chi connectivity index (χ0n) is 13.4. The first kappa shape index (κ1) is 16.2. The lowest BCUT2D eigenvalue weighted by Gasteiger charge is -2.36. The summed E-state index contributed by atoms with van der Waals surface area (Å²) < 4.78 is 4.99. The minimum atomic E-state index is -0.139. The van der Waals surface area contributed by atoms with E-state index in [1.54, 1.807) is 12.0 Å². The predicted octanol–water partition coefficient (Wildman–Crippen LogP) is 1.02. The van der Waals surface area contributed by atoms with Gasteiger partial charge in [0.25, 0.3) is 5.91 Å². The van der Waals surface area contributed by atoms with Crippen LogP contribution < -0.4 is 0 Å². The van der Waals surface area contributed by atoms with Crippen molar-refractivity contribution in [3.63, 3.8) is 0 Å². The number of nitrogens with zero attached hydrogens (tertiary/aromatic N) is 3. The molecule has 21 heavy (non-hydrogen) atoms. The van der Waals surface area contributed by atoms with Gasteiger partial charge >= 0.3 is 6.03 Å². The Morgan fingerprint density at radius 2 is 1.90 bits per heavy atom. The van der Waals surface area contributed by atoms with Crippen molar-refractivity contribution in [2.45, 2.75) is 32.7 Å². The van der Waals surface area contributed by atoms with E-state index in [2.05, 4.69) is 18.7 Å². The lowest BCUT2D eigenvalue weighted by Crippen LogP contribution is -2.48. The summed E-state index contributed by atoms with van der Waals surface area (Å²) in [6, 6.07) is -0.0692. The summed E-state index contributed by atoms with van der Waals surface area (Å²) in [6.07, 6.45) is 1.78. The SMILES string of the molecule is COCCN1CC(=O)N(C2CCN(CC(C)C)CC2)C1=O. The summed E-state index contributed by atoms with van der Waals surface area (Å²) in [5.41, 5.74) is 0. The fourth-order valence-electron chi connectivity index (χ4n) is 3.18. The van der Waals surface area contributed by atoms with Crippen LogP contribution in [0, 0.1) is 5.92 Å². The predicted molar refractivity (Wildman–Crippen MR) is 80.0 cm³/mol. The Hall–Kier alpha value is -1.14. The molecule has 0 aromatic carbocycles. The standard InChI is InChI=1S/C15H27N3O3/c1-12(2)10-16-6-4-13(5-7-16)18-14(19)11-17(15(18)20)8-9-21-3/h12-13H,4-11H2,1-3H3. The molecule has 0 aliphatic carbocycles. The van der Waals surface area contributed by atoms with Crippen LogP contribution in [0.3, 0.4) is 0 Å². The van der Waals surface area contributed by atoms with Gasteiger partial charge in [0.05, 0.1) is 6.61 Å². The first-order valence-corrected chi connectivity index (χ1v) is 7.85.